The monoisotopic (exact) mass is 396 g/mol. The third kappa shape index (κ3) is 4.99. The van der Waals surface area contributed by atoms with Crippen molar-refractivity contribution in [2.45, 2.75) is 6.54 Å². The molecule has 6 heteroatoms. The molecule has 2 aromatic carbocycles. The summed E-state index contributed by atoms with van der Waals surface area (Å²) in [7, 11) is 0. The number of para-hydroxylation sites is 3. The van der Waals surface area contributed by atoms with E-state index in [2.05, 4.69) is 20.6 Å². The van der Waals surface area contributed by atoms with Gasteiger partial charge in [-0.3, -0.25) is 14.8 Å². The summed E-state index contributed by atoms with van der Waals surface area (Å²) in [4.78, 5) is 21.2. The molecule has 0 saturated heterocycles. The molecule has 4 rings (SSSR count). The molecule has 0 aliphatic rings. The molecule has 0 unspecified atom stereocenters. The Balaban J connectivity index is 1.45. The Kier molecular flexibility index (Phi) is 5.96. The van der Waals surface area contributed by atoms with Crippen LogP contribution in [0.2, 0.25) is 0 Å². The number of anilines is 2. The van der Waals surface area contributed by atoms with Crippen LogP contribution in [-0.4, -0.2) is 15.9 Å². The third-order valence-corrected chi connectivity index (χ3v) is 4.31. The molecule has 6 nitrogen and oxygen atoms in total. The highest BCUT2D eigenvalue weighted by Gasteiger charge is 2.11. The van der Waals surface area contributed by atoms with E-state index in [1.54, 1.807) is 24.5 Å². The number of nitrogens with zero attached hydrogens (tertiary/aromatic N) is 2. The summed E-state index contributed by atoms with van der Waals surface area (Å²) in [6.45, 7) is 0.543. The number of ether oxygens (including phenoxy) is 1. The number of benzene rings is 2. The zero-order valence-electron chi connectivity index (χ0n) is 16.2. The minimum absolute atomic E-state index is 0.270. The number of aromatic nitrogens is 2. The Morgan fingerprint density at radius 1 is 0.900 bits per heavy atom. The molecule has 0 saturated carbocycles. The first kappa shape index (κ1) is 19.1. The lowest BCUT2D eigenvalue weighted by Gasteiger charge is -2.12. The number of hydrogen-bond donors (Lipinski definition) is 2. The van der Waals surface area contributed by atoms with Crippen molar-refractivity contribution in [1.29, 1.82) is 0 Å². The van der Waals surface area contributed by atoms with Crippen LogP contribution in [0.25, 0.3) is 0 Å². The van der Waals surface area contributed by atoms with Crippen LogP contribution in [0.15, 0.2) is 97.5 Å². The number of hydrogen-bond acceptors (Lipinski definition) is 5. The average Bonchev–Trinajstić information content (AvgIpc) is 2.80. The minimum Gasteiger partial charge on any atom is -0.455 e. The highest BCUT2D eigenvalue weighted by molar-refractivity contribution is 6.05. The van der Waals surface area contributed by atoms with E-state index in [-0.39, 0.29) is 5.91 Å². The van der Waals surface area contributed by atoms with E-state index < -0.39 is 0 Å². The molecule has 0 radical (unpaired) electrons. The van der Waals surface area contributed by atoms with Gasteiger partial charge in [0.2, 0.25) is 0 Å². The van der Waals surface area contributed by atoms with E-state index in [0.717, 1.165) is 11.4 Å². The Morgan fingerprint density at radius 2 is 1.70 bits per heavy atom. The van der Waals surface area contributed by atoms with Crippen molar-refractivity contribution in [3.05, 3.63) is 109 Å². The summed E-state index contributed by atoms with van der Waals surface area (Å²) in [5.74, 6) is 0.990. The molecule has 2 aromatic heterocycles. The van der Waals surface area contributed by atoms with E-state index in [1.165, 1.54) is 6.20 Å². The van der Waals surface area contributed by atoms with Gasteiger partial charge in [-0.05, 0) is 42.5 Å². The lowest BCUT2D eigenvalue weighted by molar-refractivity contribution is 0.102. The first-order valence-corrected chi connectivity index (χ1v) is 9.50. The van der Waals surface area contributed by atoms with Crippen molar-refractivity contribution in [3.63, 3.8) is 0 Å². The smallest absolute Gasteiger partial charge is 0.257 e. The van der Waals surface area contributed by atoms with E-state index in [9.17, 15) is 4.79 Å². The number of carbonyl (C=O) groups is 1. The van der Waals surface area contributed by atoms with Crippen molar-refractivity contribution in [1.82, 2.24) is 9.97 Å². The number of rotatable bonds is 7. The molecule has 148 valence electrons. The molecule has 0 atom stereocenters. The van der Waals surface area contributed by atoms with Crippen molar-refractivity contribution < 1.29 is 9.53 Å². The molecule has 4 aromatic rings. The molecule has 0 bridgehead atoms. The minimum atomic E-state index is -0.270. The highest BCUT2D eigenvalue weighted by atomic mass is 16.5. The first-order chi connectivity index (χ1) is 14.8. The van der Waals surface area contributed by atoms with E-state index in [4.69, 9.17) is 4.74 Å². The van der Waals surface area contributed by atoms with Crippen LogP contribution in [0.3, 0.4) is 0 Å². The lowest BCUT2D eigenvalue weighted by Crippen LogP contribution is -2.13. The Bertz CT molecular complexity index is 1120. The number of carbonyl (C=O) groups excluding carboxylic acids is 1. The molecule has 0 aliphatic heterocycles. The van der Waals surface area contributed by atoms with E-state index in [1.807, 2.05) is 66.7 Å². The van der Waals surface area contributed by atoms with Crippen LogP contribution in [-0.2, 0) is 6.54 Å². The predicted molar refractivity (Wildman–Crippen MR) is 117 cm³/mol. The Hall–Kier alpha value is -4.19. The fraction of sp³-hybridized carbons (Fsp3) is 0.0417. The molecule has 2 N–H and O–H groups in total. The van der Waals surface area contributed by atoms with Crippen molar-refractivity contribution in [2.24, 2.45) is 0 Å². The standard InChI is InChI=1S/C24H20N4O2/c29-24(18-14-20(16-25-15-18)27-17-19-8-6-7-13-26-19)28-22-11-4-5-12-23(22)30-21-9-2-1-3-10-21/h1-16,27H,17H2,(H,28,29). The SMILES string of the molecule is O=C(Nc1ccccc1Oc1ccccc1)c1cncc(NCc2ccccn2)c1. The topological polar surface area (TPSA) is 76.1 Å². The second-order valence-electron chi connectivity index (χ2n) is 6.50. The number of nitrogens with one attached hydrogen (secondary N) is 2. The van der Waals surface area contributed by atoms with Crippen molar-refractivity contribution in [3.8, 4) is 11.5 Å². The summed E-state index contributed by atoms with van der Waals surface area (Å²) in [6.07, 6.45) is 4.95. The molecular formula is C24H20N4O2. The maximum Gasteiger partial charge on any atom is 0.257 e. The molecule has 0 spiro atoms. The van der Waals surface area contributed by atoms with Gasteiger partial charge in [-0.25, -0.2) is 0 Å². The van der Waals surface area contributed by atoms with Gasteiger partial charge in [0.05, 0.1) is 29.2 Å². The molecule has 30 heavy (non-hydrogen) atoms. The van der Waals surface area contributed by atoms with Crippen LogP contribution < -0.4 is 15.4 Å². The maximum atomic E-state index is 12.8. The summed E-state index contributed by atoms with van der Waals surface area (Å²) < 4.78 is 5.91. The predicted octanol–water partition coefficient (Wildman–Crippen LogP) is 5.13. The van der Waals surface area contributed by atoms with Gasteiger partial charge in [0.25, 0.3) is 5.91 Å². The third-order valence-electron chi connectivity index (χ3n) is 4.31. The van der Waals surface area contributed by atoms with E-state index in [0.29, 0.717) is 29.3 Å². The number of pyridine rings is 2. The van der Waals surface area contributed by atoms with Gasteiger partial charge < -0.3 is 15.4 Å². The van der Waals surface area contributed by atoms with Gasteiger partial charge in [-0.1, -0.05) is 36.4 Å². The zero-order chi connectivity index (χ0) is 20.6. The van der Waals surface area contributed by atoms with Crippen LogP contribution in [0.1, 0.15) is 16.1 Å². The number of amides is 1. The van der Waals surface area contributed by atoms with Crippen molar-refractivity contribution >= 4 is 17.3 Å². The second-order valence-corrected chi connectivity index (χ2v) is 6.50. The summed E-state index contributed by atoms with van der Waals surface area (Å²) in [5, 5.41) is 6.14. The van der Waals surface area contributed by atoms with Gasteiger partial charge in [0.15, 0.2) is 5.75 Å². The van der Waals surface area contributed by atoms with E-state index >= 15 is 0 Å². The molecule has 0 fully saturated rings. The molecule has 2 heterocycles. The first-order valence-electron chi connectivity index (χ1n) is 9.50. The summed E-state index contributed by atoms with van der Waals surface area (Å²) in [5.41, 5.74) is 2.66. The molecular weight excluding hydrogens is 376 g/mol. The summed E-state index contributed by atoms with van der Waals surface area (Å²) in [6, 6.07) is 24.2. The lowest BCUT2D eigenvalue weighted by atomic mass is 10.2. The molecule has 0 aliphatic carbocycles. The van der Waals surface area contributed by atoms with Gasteiger partial charge in [-0.15, -0.1) is 0 Å². The fourth-order valence-electron chi connectivity index (χ4n) is 2.82. The Labute approximate surface area is 174 Å². The zero-order valence-corrected chi connectivity index (χ0v) is 16.2. The largest absolute Gasteiger partial charge is 0.455 e. The normalized spacial score (nSPS) is 10.3. The van der Waals surface area contributed by atoms with Crippen molar-refractivity contribution in [2.75, 3.05) is 10.6 Å². The maximum absolute atomic E-state index is 12.8. The van der Waals surface area contributed by atoms with Gasteiger partial charge in [0, 0.05) is 18.6 Å². The highest BCUT2D eigenvalue weighted by Crippen LogP contribution is 2.29. The van der Waals surface area contributed by atoms with Crippen LogP contribution in [0.4, 0.5) is 11.4 Å². The van der Waals surface area contributed by atoms with Gasteiger partial charge >= 0.3 is 0 Å². The average molecular weight is 396 g/mol. The second kappa shape index (κ2) is 9.34. The quantitative estimate of drug-likeness (QED) is 0.453. The van der Waals surface area contributed by atoms with Crippen LogP contribution in [0, 0.1) is 0 Å². The fourth-order valence-corrected chi connectivity index (χ4v) is 2.82. The van der Waals surface area contributed by atoms with Crippen LogP contribution >= 0.6 is 0 Å². The Morgan fingerprint density at radius 3 is 2.53 bits per heavy atom. The summed E-state index contributed by atoms with van der Waals surface area (Å²) >= 11 is 0. The van der Waals surface area contributed by atoms with Gasteiger partial charge in [0.1, 0.15) is 5.75 Å². The van der Waals surface area contributed by atoms with Gasteiger partial charge in [-0.2, -0.15) is 0 Å². The van der Waals surface area contributed by atoms with Crippen LogP contribution in [0.5, 0.6) is 11.5 Å². The molecule has 1 amide bonds.